The second kappa shape index (κ2) is 8.09. The zero-order valence-electron chi connectivity index (χ0n) is 19.6. The van der Waals surface area contributed by atoms with Crippen molar-refractivity contribution in [2.45, 2.75) is 26.8 Å². The summed E-state index contributed by atoms with van der Waals surface area (Å²) in [5, 5.41) is 11.6. The summed E-state index contributed by atoms with van der Waals surface area (Å²) in [6, 6.07) is 12.1. The third-order valence-corrected chi connectivity index (χ3v) is 6.73. The minimum atomic E-state index is 0.0311. The van der Waals surface area contributed by atoms with E-state index in [0.717, 1.165) is 59.2 Å². The highest BCUT2D eigenvalue weighted by atomic mass is 16.1. The summed E-state index contributed by atoms with van der Waals surface area (Å²) in [7, 11) is 2.16. The number of nitrogens with zero attached hydrogens (tertiary/aromatic N) is 4. The molecule has 0 aliphatic carbocycles. The second-order valence-electron chi connectivity index (χ2n) is 9.23. The molecule has 0 saturated carbocycles. The molecule has 6 heteroatoms. The number of nitrogens with one attached hydrogen (secondary N) is 1. The van der Waals surface area contributed by atoms with E-state index in [4.69, 9.17) is 0 Å². The van der Waals surface area contributed by atoms with Crippen LogP contribution < -0.4 is 10.3 Å². The van der Waals surface area contributed by atoms with Crippen LogP contribution in [-0.4, -0.2) is 47.7 Å². The Morgan fingerprint density at radius 2 is 1.85 bits per heavy atom. The van der Waals surface area contributed by atoms with Crippen molar-refractivity contribution < 1.29 is 0 Å². The first-order valence-electron chi connectivity index (χ1n) is 11.6. The highest BCUT2D eigenvalue weighted by molar-refractivity contribution is 6.10. The highest BCUT2D eigenvalue weighted by Crippen LogP contribution is 2.33. The number of hydrogen-bond acceptors (Lipinski definition) is 4. The van der Waals surface area contributed by atoms with E-state index >= 15 is 0 Å². The van der Waals surface area contributed by atoms with Crippen LogP contribution in [0.5, 0.6) is 0 Å². The van der Waals surface area contributed by atoms with Gasteiger partial charge in [-0.25, -0.2) is 0 Å². The van der Waals surface area contributed by atoms with Crippen molar-refractivity contribution in [3.63, 3.8) is 0 Å². The van der Waals surface area contributed by atoms with E-state index in [1.807, 2.05) is 25.1 Å². The van der Waals surface area contributed by atoms with Crippen LogP contribution in [0.15, 0.2) is 41.2 Å². The van der Waals surface area contributed by atoms with Gasteiger partial charge in [-0.3, -0.25) is 4.79 Å². The van der Waals surface area contributed by atoms with E-state index in [0.29, 0.717) is 10.9 Å². The number of H-pyrrole nitrogens is 1. The Bertz CT molecular complexity index is 1510. The molecule has 0 atom stereocenters. The summed E-state index contributed by atoms with van der Waals surface area (Å²) in [4.78, 5) is 22.1. The van der Waals surface area contributed by atoms with Gasteiger partial charge in [0.05, 0.1) is 22.5 Å². The number of anilines is 1. The number of nitriles is 1. The minimum Gasteiger partial charge on any atom is -0.368 e. The maximum absolute atomic E-state index is 13.8. The van der Waals surface area contributed by atoms with Crippen LogP contribution in [0, 0.1) is 11.3 Å². The van der Waals surface area contributed by atoms with Crippen LogP contribution >= 0.6 is 0 Å². The quantitative estimate of drug-likeness (QED) is 0.494. The third kappa shape index (κ3) is 3.40. The van der Waals surface area contributed by atoms with Crippen molar-refractivity contribution >= 4 is 44.6 Å². The highest BCUT2D eigenvalue weighted by Gasteiger charge is 2.22. The SMILES string of the molecule is C/C=C\c1cc2c(=O)c3c4ccc(C#N)cc4[nH]c3n(C(C)C)c2cc1N1CCN(C)CC1. The maximum Gasteiger partial charge on any atom is 0.199 e. The Morgan fingerprint density at radius 1 is 1.09 bits per heavy atom. The topological polar surface area (TPSA) is 68.1 Å². The molecule has 2 aromatic carbocycles. The number of hydrogen-bond donors (Lipinski definition) is 1. The minimum absolute atomic E-state index is 0.0311. The van der Waals surface area contributed by atoms with Gasteiger partial charge in [0.1, 0.15) is 5.65 Å². The standard InChI is InChI=1S/C27H29N5O/c1-5-6-19-14-21-24(15-23(19)31-11-9-30(4)10-12-31)32(17(2)3)27-25(26(21)33)20-8-7-18(16-28)13-22(20)29-27/h5-8,13-15,17,29H,9-12H2,1-4H3/b6-5-. The van der Waals surface area contributed by atoms with Crippen molar-refractivity contribution in [1.82, 2.24) is 14.5 Å². The Balaban J connectivity index is 1.88. The lowest BCUT2D eigenvalue weighted by atomic mass is 10.0. The van der Waals surface area contributed by atoms with Crippen LogP contribution in [0.3, 0.4) is 0 Å². The molecule has 1 saturated heterocycles. The first-order chi connectivity index (χ1) is 15.9. The first-order valence-corrected chi connectivity index (χ1v) is 11.6. The molecule has 0 unspecified atom stereocenters. The predicted octanol–water partition coefficient (Wildman–Crippen LogP) is 4.87. The van der Waals surface area contributed by atoms with Crippen molar-refractivity contribution in [2.75, 3.05) is 38.1 Å². The van der Waals surface area contributed by atoms with Gasteiger partial charge in [-0.15, -0.1) is 0 Å². The molecule has 3 heterocycles. The number of aromatic amines is 1. The van der Waals surface area contributed by atoms with E-state index in [1.54, 1.807) is 6.07 Å². The number of fused-ring (bicyclic) bond motifs is 4. The van der Waals surface area contributed by atoms with Crippen LogP contribution in [0.4, 0.5) is 5.69 Å². The van der Waals surface area contributed by atoms with E-state index in [9.17, 15) is 10.1 Å². The normalized spacial score (nSPS) is 15.5. The summed E-state index contributed by atoms with van der Waals surface area (Å²) in [5.74, 6) is 0. The van der Waals surface area contributed by atoms with Crippen LogP contribution in [0.25, 0.3) is 38.9 Å². The largest absolute Gasteiger partial charge is 0.368 e. The molecule has 1 aliphatic rings. The summed E-state index contributed by atoms with van der Waals surface area (Å²) in [6.45, 7) is 10.3. The van der Waals surface area contributed by atoms with E-state index in [-0.39, 0.29) is 11.5 Å². The van der Waals surface area contributed by atoms with Crippen molar-refractivity contribution in [3.8, 4) is 6.07 Å². The lowest BCUT2D eigenvalue weighted by Gasteiger charge is -2.35. The molecule has 168 valence electrons. The van der Waals surface area contributed by atoms with Gasteiger partial charge in [-0.05, 0) is 57.6 Å². The fourth-order valence-electron chi connectivity index (χ4n) is 5.06. The summed E-state index contributed by atoms with van der Waals surface area (Å²) in [6.07, 6.45) is 4.14. The number of likely N-dealkylation sites (N-methyl/N-ethyl adjacent to an activating group) is 1. The van der Waals surface area contributed by atoms with Gasteiger partial charge in [0, 0.05) is 54.2 Å². The molecule has 0 amide bonds. The monoisotopic (exact) mass is 439 g/mol. The zero-order chi connectivity index (χ0) is 23.3. The molecule has 6 nitrogen and oxygen atoms in total. The molecule has 4 aromatic rings. The van der Waals surface area contributed by atoms with Gasteiger partial charge in [0.15, 0.2) is 5.43 Å². The summed E-state index contributed by atoms with van der Waals surface area (Å²) >= 11 is 0. The van der Waals surface area contributed by atoms with Crippen molar-refractivity contribution in [3.05, 3.63) is 57.8 Å². The molecule has 33 heavy (non-hydrogen) atoms. The average molecular weight is 440 g/mol. The first kappa shape index (κ1) is 21.3. The zero-order valence-corrected chi connectivity index (χ0v) is 19.6. The van der Waals surface area contributed by atoms with E-state index in [2.05, 4.69) is 64.5 Å². The molecule has 0 bridgehead atoms. The summed E-state index contributed by atoms with van der Waals surface area (Å²) in [5.41, 5.74) is 5.43. The van der Waals surface area contributed by atoms with Gasteiger partial charge in [0.25, 0.3) is 0 Å². The third-order valence-electron chi connectivity index (χ3n) is 6.73. The van der Waals surface area contributed by atoms with Crippen LogP contribution in [-0.2, 0) is 0 Å². The number of aromatic nitrogens is 2. The predicted molar refractivity (Wildman–Crippen MR) is 137 cm³/mol. The van der Waals surface area contributed by atoms with E-state index < -0.39 is 0 Å². The van der Waals surface area contributed by atoms with Gasteiger partial charge in [-0.2, -0.15) is 5.26 Å². The van der Waals surface area contributed by atoms with Crippen molar-refractivity contribution in [1.29, 1.82) is 5.26 Å². The maximum atomic E-state index is 13.8. The van der Waals surface area contributed by atoms with Crippen molar-refractivity contribution in [2.24, 2.45) is 0 Å². The lowest BCUT2D eigenvalue weighted by molar-refractivity contribution is 0.313. The Kier molecular flexibility index (Phi) is 5.22. The number of piperazine rings is 1. The number of allylic oxidation sites excluding steroid dienone is 1. The van der Waals surface area contributed by atoms with Crippen LogP contribution in [0.2, 0.25) is 0 Å². The van der Waals surface area contributed by atoms with Crippen LogP contribution in [0.1, 0.15) is 37.9 Å². The lowest BCUT2D eigenvalue weighted by Crippen LogP contribution is -2.44. The molecule has 5 rings (SSSR count). The van der Waals surface area contributed by atoms with Gasteiger partial charge in [0.2, 0.25) is 0 Å². The Hall–Kier alpha value is -3.56. The average Bonchev–Trinajstić information content (AvgIpc) is 3.18. The summed E-state index contributed by atoms with van der Waals surface area (Å²) < 4.78 is 2.23. The fraction of sp³-hybridized carbons (Fsp3) is 0.333. The van der Waals surface area contributed by atoms with Gasteiger partial charge >= 0.3 is 0 Å². The van der Waals surface area contributed by atoms with Gasteiger partial charge in [-0.1, -0.05) is 18.2 Å². The molecule has 2 aromatic heterocycles. The fourth-order valence-corrected chi connectivity index (χ4v) is 5.06. The smallest absolute Gasteiger partial charge is 0.199 e. The number of rotatable bonds is 3. The number of benzene rings is 2. The molecular formula is C27H29N5O. The van der Waals surface area contributed by atoms with Gasteiger partial charge < -0.3 is 19.4 Å². The molecule has 1 aliphatic heterocycles. The van der Waals surface area contributed by atoms with E-state index in [1.165, 1.54) is 5.69 Å². The molecule has 0 radical (unpaired) electrons. The molecule has 1 fully saturated rings. The molecule has 1 N–H and O–H groups in total. The molecular weight excluding hydrogens is 410 g/mol. The Labute approximate surface area is 193 Å². The number of pyridine rings is 1. The molecule has 0 spiro atoms. The Morgan fingerprint density at radius 3 is 2.52 bits per heavy atom. The second-order valence-corrected chi connectivity index (χ2v) is 9.23.